The van der Waals surface area contributed by atoms with Crippen molar-refractivity contribution in [3.63, 3.8) is 0 Å². The van der Waals surface area contributed by atoms with Crippen LogP contribution in [0.3, 0.4) is 0 Å². The van der Waals surface area contributed by atoms with Crippen LogP contribution in [0.15, 0.2) is 29.0 Å². The van der Waals surface area contributed by atoms with Gasteiger partial charge in [-0.15, -0.1) is 0 Å². The van der Waals surface area contributed by atoms with Crippen molar-refractivity contribution in [2.45, 2.75) is 19.7 Å². The summed E-state index contributed by atoms with van der Waals surface area (Å²) in [6.45, 7) is 1.73. The summed E-state index contributed by atoms with van der Waals surface area (Å²) in [5.41, 5.74) is 1.62. The largest absolute Gasteiger partial charge is 0.423 e. The molecule has 1 aliphatic heterocycles. The molecule has 1 amide bonds. The lowest BCUT2D eigenvalue weighted by molar-refractivity contribution is -0.116. The molecule has 27 heavy (non-hydrogen) atoms. The number of carbonyl (C=O) groups excluding carboxylic acids is 1. The van der Waals surface area contributed by atoms with E-state index in [0.717, 1.165) is 17.7 Å². The Bertz CT molecular complexity index is 1050. The minimum absolute atomic E-state index is 0.0265. The quantitative estimate of drug-likeness (QED) is 0.728. The molecule has 3 aromatic rings. The van der Waals surface area contributed by atoms with Gasteiger partial charge >= 0.3 is 6.01 Å². The normalized spacial score (nSPS) is 16.4. The first-order valence-electron chi connectivity index (χ1n) is 8.03. The van der Waals surface area contributed by atoms with Crippen molar-refractivity contribution in [1.29, 1.82) is 0 Å². The van der Waals surface area contributed by atoms with E-state index in [1.165, 1.54) is 6.33 Å². The molecule has 1 unspecified atom stereocenters. The van der Waals surface area contributed by atoms with Gasteiger partial charge in [-0.3, -0.25) is 10.1 Å². The van der Waals surface area contributed by atoms with E-state index < -0.39 is 23.8 Å². The topological polar surface area (TPSA) is 96.4 Å². The SMILES string of the molecule is CC1=CC(O)N(C)c2ncn(CC(=O)Nc3nc4cc(F)c(F)cc4o3)c21. The molecule has 10 heteroatoms. The number of fused-ring (bicyclic) bond motifs is 2. The van der Waals surface area contributed by atoms with Crippen LogP contribution in [0.4, 0.5) is 20.6 Å². The summed E-state index contributed by atoms with van der Waals surface area (Å²) in [5, 5.41) is 12.4. The highest BCUT2D eigenvalue weighted by molar-refractivity contribution is 5.90. The number of hydrogen-bond donors (Lipinski definition) is 2. The molecule has 1 aromatic carbocycles. The predicted octanol–water partition coefficient (Wildman–Crippen LogP) is 2.11. The van der Waals surface area contributed by atoms with E-state index in [1.54, 1.807) is 22.6 Å². The molecule has 4 rings (SSSR count). The van der Waals surface area contributed by atoms with E-state index in [1.807, 2.05) is 6.92 Å². The highest BCUT2D eigenvalue weighted by Gasteiger charge is 2.26. The molecule has 140 valence electrons. The number of benzene rings is 1. The smallest absolute Gasteiger partial charge is 0.302 e. The van der Waals surface area contributed by atoms with Crippen LogP contribution in [0.2, 0.25) is 0 Å². The Balaban J connectivity index is 1.55. The van der Waals surface area contributed by atoms with Crippen molar-refractivity contribution in [1.82, 2.24) is 14.5 Å². The Morgan fingerprint density at radius 2 is 2.11 bits per heavy atom. The summed E-state index contributed by atoms with van der Waals surface area (Å²) in [6, 6.07) is 1.61. The molecule has 0 aliphatic carbocycles. The number of likely N-dealkylation sites (N-methyl/N-ethyl adjacent to an activating group) is 1. The average Bonchev–Trinajstić information content (AvgIpc) is 3.17. The Morgan fingerprint density at radius 3 is 2.89 bits per heavy atom. The van der Waals surface area contributed by atoms with Gasteiger partial charge in [-0.05, 0) is 18.6 Å². The molecule has 0 radical (unpaired) electrons. The van der Waals surface area contributed by atoms with E-state index in [4.69, 9.17) is 4.42 Å². The number of hydrogen-bond acceptors (Lipinski definition) is 6. The van der Waals surface area contributed by atoms with Crippen LogP contribution in [0.25, 0.3) is 16.7 Å². The first-order valence-corrected chi connectivity index (χ1v) is 8.03. The van der Waals surface area contributed by atoms with Crippen LogP contribution in [-0.2, 0) is 11.3 Å². The third-order valence-corrected chi connectivity index (χ3v) is 4.31. The average molecular weight is 375 g/mol. The molecule has 2 aromatic heterocycles. The maximum Gasteiger partial charge on any atom is 0.302 e. The fourth-order valence-corrected chi connectivity index (χ4v) is 2.98. The number of aliphatic hydroxyl groups excluding tert-OH is 1. The van der Waals surface area contributed by atoms with Gasteiger partial charge in [-0.2, -0.15) is 4.98 Å². The number of aliphatic hydroxyl groups is 1. The highest BCUT2D eigenvalue weighted by Crippen LogP contribution is 2.31. The van der Waals surface area contributed by atoms with Crippen molar-refractivity contribution in [2.24, 2.45) is 0 Å². The number of nitrogens with zero attached hydrogens (tertiary/aromatic N) is 4. The molecule has 0 fully saturated rings. The van der Waals surface area contributed by atoms with Crippen LogP contribution < -0.4 is 10.2 Å². The number of nitrogens with one attached hydrogen (secondary N) is 1. The van der Waals surface area contributed by atoms with E-state index in [-0.39, 0.29) is 23.7 Å². The third-order valence-electron chi connectivity index (χ3n) is 4.31. The first-order chi connectivity index (χ1) is 12.8. The summed E-state index contributed by atoms with van der Waals surface area (Å²) in [5.74, 6) is -2.00. The van der Waals surface area contributed by atoms with Crippen molar-refractivity contribution < 1.29 is 23.1 Å². The second kappa shape index (κ2) is 6.16. The molecule has 8 nitrogen and oxygen atoms in total. The van der Waals surface area contributed by atoms with E-state index in [2.05, 4.69) is 15.3 Å². The van der Waals surface area contributed by atoms with Crippen molar-refractivity contribution in [3.05, 3.63) is 41.9 Å². The van der Waals surface area contributed by atoms with Gasteiger partial charge in [0.05, 0.1) is 12.0 Å². The number of carbonyl (C=O) groups is 1. The summed E-state index contributed by atoms with van der Waals surface area (Å²) < 4.78 is 33.3. The molecule has 0 saturated heterocycles. The first kappa shape index (κ1) is 17.2. The van der Waals surface area contributed by atoms with E-state index in [0.29, 0.717) is 11.5 Å². The Labute approximate surface area is 151 Å². The zero-order valence-corrected chi connectivity index (χ0v) is 14.4. The maximum atomic E-state index is 13.2. The second-order valence-electron chi connectivity index (χ2n) is 6.22. The summed E-state index contributed by atoms with van der Waals surface area (Å²) in [4.78, 5) is 22.1. The molecular weight excluding hydrogens is 360 g/mol. The van der Waals surface area contributed by atoms with Crippen LogP contribution in [0.5, 0.6) is 0 Å². The standard InChI is InChI=1S/C17H15F2N5O3/c1-8-3-14(26)23(2)16-15(8)24(7-20-16)6-13(25)22-17-21-11-4-9(18)10(19)5-12(11)27-17/h3-5,7,14,26H,6H2,1-2H3,(H,21,22,25). The van der Waals surface area contributed by atoms with Crippen LogP contribution in [0.1, 0.15) is 12.6 Å². The van der Waals surface area contributed by atoms with Gasteiger partial charge in [-0.1, -0.05) is 0 Å². The number of aromatic nitrogens is 3. The van der Waals surface area contributed by atoms with Crippen molar-refractivity contribution >= 4 is 34.4 Å². The Morgan fingerprint density at radius 1 is 1.37 bits per heavy atom. The lowest BCUT2D eigenvalue weighted by atomic mass is 10.1. The number of allylic oxidation sites excluding steroid dienone is 1. The molecule has 0 bridgehead atoms. The zero-order valence-electron chi connectivity index (χ0n) is 14.4. The third kappa shape index (κ3) is 2.93. The fraction of sp³-hybridized carbons (Fsp3) is 0.235. The fourth-order valence-electron chi connectivity index (χ4n) is 2.98. The Hall–Kier alpha value is -3.27. The van der Waals surface area contributed by atoms with Gasteiger partial charge in [0, 0.05) is 19.2 Å². The molecule has 1 aliphatic rings. The minimum atomic E-state index is -1.06. The maximum absolute atomic E-state index is 13.2. The lowest BCUT2D eigenvalue weighted by Crippen LogP contribution is -2.33. The molecule has 3 heterocycles. The van der Waals surface area contributed by atoms with Crippen LogP contribution in [-0.4, -0.2) is 38.8 Å². The molecule has 0 spiro atoms. The molecule has 2 N–H and O–H groups in total. The van der Waals surface area contributed by atoms with Gasteiger partial charge in [0.1, 0.15) is 18.3 Å². The number of amides is 1. The Kier molecular flexibility index (Phi) is 3.92. The number of rotatable bonds is 3. The number of halogens is 2. The van der Waals surface area contributed by atoms with E-state index in [9.17, 15) is 18.7 Å². The van der Waals surface area contributed by atoms with Gasteiger partial charge in [0.15, 0.2) is 23.0 Å². The molecule has 1 atom stereocenters. The predicted molar refractivity (Wildman–Crippen MR) is 92.8 cm³/mol. The molecule has 0 saturated carbocycles. The zero-order chi connectivity index (χ0) is 19.3. The summed E-state index contributed by atoms with van der Waals surface area (Å²) in [6.07, 6.45) is 2.37. The van der Waals surface area contributed by atoms with Crippen molar-refractivity contribution in [3.8, 4) is 0 Å². The number of anilines is 2. The summed E-state index contributed by atoms with van der Waals surface area (Å²) >= 11 is 0. The monoisotopic (exact) mass is 375 g/mol. The molecular formula is C17H15F2N5O3. The van der Waals surface area contributed by atoms with Gasteiger partial charge in [0.2, 0.25) is 5.91 Å². The van der Waals surface area contributed by atoms with Gasteiger partial charge < -0.3 is 19.0 Å². The highest BCUT2D eigenvalue weighted by atomic mass is 19.2. The van der Waals surface area contributed by atoms with E-state index >= 15 is 0 Å². The van der Waals surface area contributed by atoms with Gasteiger partial charge in [0.25, 0.3) is 0 Å². The van der Waals surface area contributed by atoms with Crippen LogP contribution >= 0.6 is 0 Å². The van der Waals surface area contributed by atoms with Crippen LogP contribution in [0, 0.1) is 11.6 Å². The number of imidazole rings is 1. The second-order valence-corrected chi connectivity index (χ2v) is 6.22. The lowest BCUT2D eigenvalue weighted by Gasteiger charge is -2.27. The van der Waals surface area contributed by atoms with Crippen molar-refractivity contribution in [2.75, 3.05) is 17.3 Å². The minimum Gasteiger partial charge on any atom is -0.423 e. The summed E-state index contributed by atoms with van der Waals surface area (Å²) in [7, 11) is 1.69. The number of oxazole rings is 1. The van der Waals surface area contributed by atoms with Gasteiger partial charge in [-0.25, -0.2) is 13.8 Å².